The molecule has 29 heavy (non-hydrogen) atoms. The third kappa shape index (κ3) is 6.12. The van der Waals surface area contributed by atoms with Gasteiger partial charge in [0.2, 0.25) is 5.91 Å². The van der Waals surface area contributed by atoms with E-state index in [1.807, 2.05) is 6.07 Å². The van der Waals surface area contributed by atoms with Crippen LogP contribution in [0.1, 0.15) is 42.5 Å². The highest BCUT2D eigenvalue weighted by Crippen LogP contribution is 2.27. The molecule has 0 atom stereocenters. The van der Waals surface area contributed by atoms with E-state index in [0.717, 1.165) is 12.8 Å². The summed E-state index contributed by atoms with van der Waals surface area (Å²) in [5.74, 6) is 0.257. The molecule has 0 unspecified atom stereocenters. The summed E-state index contributed by atoms with van der Waals surface area (Å²) in [7, 11) is 1.53. The summed E-state index contributed by atoms with van der Waals surface area (Å²) < 4.78 is 5.10. The van der Waals surface area contributed by atoms with E-state index in [1.54, 1.807) is 36.4 Å². The summed E-state index contributed by atoms with van der Waals surface area (Å²) in [4.78, 5) is 24.7. The van der Waals surface area contributed by atoms with E-state index in [-0.39, 0.29) is 24.4 Å². The second-order valence-electron chi connectivity index (χ2n) is 7.14. The molecule has 2 amide bonds. The van der Waals surface area contributed by atoms with Crippen LogP contribution in [-0.4, -0.2) is 31.5 Å². The predicted octanol–water partition coefficient (Wildman–Crippen LogP) is 4.46. The fourth-order valence-electron chi connectivity index (χ4n) is 3.42. The Hall–Kier alpha value is -2.73. The number of carbonyl (C=O) groups is 2. The zero-order valence-corrected chi connectivity index (χ0v) is 17.2. The van der Waals surface area contributed by atoms with Crippen molar-refractivity contribution in [3.05, 3.63) is 53.1 Å². The number of hydrogen-bond donors (Lipinski definition) is 3. The lowest BCUT2D eigenvalue weighted by molar-refractivity contribution is -0.114. The second kappa shape index (κ2) is 10.2. The number of anilines is 2. The fraction of sp³-hybridized carbons (Fsp3) is 0.364. The summed E-state index contributed by atoms with van der Waals surface area (Å²) in [6.45, 7) is 0.0668. The average molecular weight is 416 g/mol. The van der Waals surface area contributed by atoms with E-state index in [9.17, 15) is 9.59 Å². The van der Waals surface area contributed by atoms with Gasteiger partial charge in [0.25, 0.3) is 5.91 Å². The summed E-state index contributed by atoms with van der Waals surface area (Å²) in [5.41, 5.74) is 1.88. The van der Waals surface area contributed by atoms with Gasteiger partial charge in [-0.25, -0.2) is 0 Å². The van der Waals surface area contributed by atoms with Gasteiger partial charge in [-0.15, -0.1) is 0 Å². The van der Waals surface area contributed by atoms with Crippen molar-refractivity contribution in [3.8, 4) is 5.75 Å². The molecule has 0 heterocycles. The Morgan fingerprint density at radius 2 is 1.86 bits per heavy atom. The predicted molar refractivity (Wildman–Crippen MR) is 116 cm³/mol. The lowest BCUT2D eigenvalue weighted by Crippen LogP contribution is -2.36. The van der Waals surface area contributed by atoms with E-state index in [2.05, 4.69) is 16.0 Å². The van der Waals surface area contributed by atoms with E-state index < -0.39 is 0 Å². The number of halogens is 1. The maximum Gasteiger partial charge on any atom is 0.251 e. The third-order valence-corrected chi connectivity index (χ3v) is 5.25. The molecule has 0 saturated heterocycles. The standard InChI is InChI=1S/C22H26ClN3O3/c1-29-20-11-10-18(13-19(20)23)25-21(27)14-24-17-9-5-6-15(12-17)22(28)26-16-7-3-2-4-8-16/h5-6,9-13,16,24H,2-4,7-8,14H2,1H3,(H,25,27)(H,26,28). The molecular weight excluding hydrogens is 390 g/mol. The molecule has 0 radical (unpaired) electrons. The Bertz CT molecular complexity index is 866. The molecule has 7 heteroatoms. The maximum absolute atomic E-state index is 12.5. The van der Waals surface area contributed by atoms with Crippen molar-refractivity contribution in [1.82, 2.24) is 5.32 Å². The lowest BCUT2D eigenvalue weighted by Gasteiger charge is -2.22. The normalized spacial score (nSPS) is 14.1. The number of rotatable bonds is 7. The van der Waals surface area contributed by atoms with Gasteiger partial charge >= 0.3 is 0 Å². The van der Waals surface area contributed by atoms with Gasteiger partial charge in [-0.3, -0.25) is 9.59 Å². The first-order valence-electron chi connectivity index (χ1n) is 9.83. The van der Waals surface area contributed by atoms with E-state index in [4.69, 9.17) is 16.3 Å². The number of nitrogens with one attached hydrogen (secondary N) is 3. The zero-order chi connectivity index (χ0) is 20.6. The van der Waals surface area contributed by atoms with Crippen LogP contribution in [0.5, 0.6) is 5.75 Å². The Labute approximate surface area is 176 Å². The van der Waals surface area contributed by atoms with Crippen LogP contribution in [-0.2, 0) is 4.79 Å². The molecule has 1 aliphatic carbocycles. The summed E-state index contributed by atoms with van der Waals surface area (Å²) in [5, 5.41) is 9.36. The van der Waals surface area contributed by atoms with Crippen molar-refractivity contribution in [2.45, 2.75) is 38.1 Å². The molecule has 3 rings (SSSR count). The van der Waals surface area contributed by atoms with Crippen molar-refractivity contribution >= 4 is 34.8 Å². The van der Waals surface area contributed by atoms with Crippen LogP contribution >= 0.6 is 11.6 Å². The molecule has 2 aromatic carbocycles. The molecule has 3 N–H and O–H groups in total. The van der Waals surface area contributed by atoms with E-state index in [0.29, 0.717) is 27.7 Å². The Morgan fingerprint density at radius 1 is 1.07 bits per heavy atom. The zero-order valence-electron chi connectivity index (χ0n) is 16.5. The van der Waals surface area contributed by atoms with Gasteiger partial charge in [0, 0.05) is 23.0 Å². The molecular formula is C22H26ClN3O3. The first-order chi connectivity index (χ1) is 14.0. The Morgan fingerprint density at radius 3 is 2.59 bits per heavy atom. The second-order valence-corrected chi connectivity index (χ2v) is 7.55. The van der Waals surface area contributed by atoms with Gasteiger partial charge in [0.15, 0.2) is 0 Å². The van der Waals surface area contributed by atoms with Crippen molar-refractivity contribution in [3.63, 3.8) is 0 Å². The number of methoxy groups -OCH3 is 1. The van der Waals surface area contributed by atoms with Crippen molar-refractivity contribution < 1.29 is 14.3 Å². The molecule has 0 spiro atoms. The minimum absolute atomic E-state index is 0.0668. The molecule has 1 aliphatic rings. The Balaban J connectivity index is 1.52. The number of amides is 2. The molecule has 154 valence electrons. The summed E-state index contributed by atoms with van der Waals surface area (Å²) in [6, 6.07) is 12.5. The van der Waals surface area contributed by atoms with Gasteiger partial charge in [-0.1, -0.05) is 36.9 Å². The van der Waals surface area contributed by atoms with E-state index >= 15 is 0 Å². The maximum atomic E-state index is 12.5. The first-order valence-corrected chi connectivity index (χ1v) is 10.2. The smallest absolute Gasteiger partial charge is 0.251 e. The van der Waals surface area contributed by atoms with Gasteiger partial charge in [-0.2, -0.15) is 0 Å². The third-order valence-electron chi connectivity index (χ3n) is 4.95. The molecule has 0 aliphatic heterocycles. The highest BCUT2D eigenvalue weighted by atomic mass is 35.5. The first kappa shape index (κ1) is 21.0. The van der Waals surface area contributed by atoms with Crippen molar-refractivity contribution in [1.29, 1.82) is 0 Å². The molecule has 2 aromatic rings. The number of benzene rings is 2. The van der Waals surface area contributed by atoms with Crippen LogP contribution in [0.15, 0.2) is 42.5 Å². The lowest BCUT2D eigenvalue weighted by atomic mass is 9.95. The minimum atomic E-state index is -0.219. The van der Waals surface area contributed by atoms with Gasteiger partial charge in [-0.05, 0) is 49.2 Å². The highest BCUT2D eigenvalue weighted by molar-refractivity contribution is 6.32. The monoisotopic (exact) mass is 415 g/mol. The van der Waals surface area contributed by atoms with Gasteiger partial charge in [0.05, 0.1) is 18.7 Å². The van der Waals surface area contributed by atoms with Crippen LogP contribution in [0, 0.1) is 0 Å². The highest BCUT2D eigenvalue weighted by Gasteiger charge is 2.16. The van der Waals surface area contributed by atoms with Gasteiger partial charge < -0.3 is 20.7 Å². The molecule has 0 aromatic heterocycles. The quantitative estimate of drug-likeness (QED) is 0.623. The molecule has 1 saturated carbocycles. The van der Waals surface area contributed by atoms with E-state index in [1.165, 1.54) is 26.4 Å². The van der Waals surface area contributed by atoms with Crippen molar-refractivity contribution in [2.24, 2.45) is 0 Å². The van der Waals surface area contributed by atoms with Crippen molar-refractivity contribution in [2.75, 3.05) is 24.3 Å². The largest absolute Gasteiger partial charge is 0.495 e. The molecule has 6 nitrogen and oxygen atoms in total. The summed E-state index contributed by atoms with van der Waals surface area (Å²) in [6.07, 6.45) is 5.66. The molecule has 1 fully saturated rings. The van der Waals surface area contributed by atoms with Gasteiger partial charge in [0.1, 0.15) is 5.75 Å². The SMILES string of the molecule is COc1ccc(NC(=O)CNc2cccc(C(=O)NC3CCCCC3)c2)cc1Cl. The van der Waals surface area contributed by atoms with Crippen LogP contribution in [0.4, 0.5) is 11.4 Å². The fourth-order valence-corrected chi connectivity index (χ4v) is 3.68. The van der Waals surface area contributed by atoms with Crippen LogP contribution in [0.2, 0.25) is 5.02 Å². The minimum Gasteiger partial charge on any atom is -0.495 e. The summed E-state index contributed by atoms with van der Waals surface area (Å²) >= 11 is 6.07. The number of ether oxygens (including phenoxy) is 1. The van der Waals surface area contributed by atoms with Crippen LogP contribution in [0.25, 0.3) is 0 Å². The number of carbonyl (C=O) groups excluding carboxylic acids is 2. The Kier molecular flexibility index (Phi) is 7.36. The van der Waals surface area contributed by atoms with Crippen LogP contribution < -0.4 is 20.7 Å². The topological polar surface area (TPSA) is 79.5 Å². The average Bonchev–Trinajstić information content (AvgIpc) is 2.73. The molecule has 0 bridgehead atoms. The van der Waals surface area contributed by atoms with Crippen LogP contribution in [0.3, 0.4) is 0 Å². The number of hydrogen-bond acceptors (Lipinski definition) is 4.